The van der Waals surface area contributed by atoms with Gasteiger partial charge >= 0.3 is 0 Å². The normalized spacial score (nSPS) is 33.4. The number of nitrogens with zero attached hydrogens (tertiary/aromatic N) is 1. The molecule has 2 saturated heterocycles. The standard InChI is InChI=1S/C25H48FN7O3/c26-36-14-10-21(18-5-2-1-3-6-18)30-25(35)19-7-4-8-20(15-19)28-16-23-31-32-24(33(23)12-13-34)22-9-11-27-17-29-22/h18-24,27-29,31-32,34H,1-17H2,(H,30,35). The topological polar surface area (TPSA) is 122 Å². The summed E-state index contributed by atoms with van der Waals surface area (Å²) in [6, 6.07) is 0.604. The number of hydrazine groups is 1. The van der Waals surface area contributed by atoms with Crippen LogP contribution >= 0.6 is 0 Å². The van der Waals surface area contributed by atoms with E-state index in [1.165, 1.54) is 19.3 Å². The van der Waals surface area contributed by atoms with E-state index in [1.54, 1.807) is 0 Å². The van der Waals surface area contributed by atoms with Crippen LogP contribution in [0.2, 0.25) is 0 Å². The van der Waals surface area contributed by atoms with Crippen molar-refractivity contribution in [3.8, 4) is 0 Å². The minimum atomic E-state index is -0.0106. The largest absolute Gasteiger partial charge is 0.395 e. The number of carbonyl (C=O) groups excluding carboxylic acids is 1. The number of hydrogen-bond acceptors (Lipinski definition) is 9. The first-order valence-corrected chi connectivity index (χ1v) is 14.3. The maximum atomic E-state index is 13.2. The van der Waals surface area contributed by atoms with Crippen LogP contribution < -0.4 is 32.1 Å². The van der Waals surface area contributed by atoms with Crippen molar-refractivity contribution in [1.29, 1.82) is 0 Å². The summed E-state index contributed by atoms with van der Waals surface area (Å²) in [5.74, 6) is 0.537. The average molecular weight is 514 g/mol. The first-order chi connectivity index (χ1) is 17.7. The minimum absolute atomic E-state index is 0.00298. The van der Waals surface area contributed by atoms with Gasteiger partial charge in [0.1, 0.15) is 0 Å². The molecule has 10 nitrogen and oxygen atoms in total. The fraction of sp³-hybridized carbons (Fsp3) is 0.960. The number of aliphatic hydroxyl groups is 1. The molecule has 1 amide bonds. The predicted octanol–water partition coefficient (Wildman–Crippen LogP) is 0.454. The molecule has 4 fully saturated rings. The first kappa shape index (κ1) is 28.1. The van der Waals surface area contributed by atoms with E-state index in [-0.39, 0.29) is 49.5 Å². The van der Waals surface area contributed by atoms with Gasteiger partial charge in [0.15, 0.2) is 0 Å². The third kappa shape index (κ3) is 7.80. The number of hydrogen-bond donors (Lipinski definition) is 7. The van der Waals surface area contributed by atoms with Gasteiger partial charge in [0.05, 0.1) is 25.5 Å². The van der Waals surface area contributed by atoms with Crippen molar-refractivity contribution in [3.05, 3.63) is 0 Å². The summed E-state index contributed by atoms with van der Waals surface area (Å²) < 4.78 is 12.4. The molecule has 208 valence electrons. The summed E-state index contributed by atoms with van der Waals surface area (Å²) in [4.78, 5) is 19.4. The lowest BCUT2D eigenvalue weighted by Crippen LogP contribution is -2.59. The van der Waals surface area contributed by atoms with Gasteiger partial charge in [-0.15, -0.1) is 0 Å². The Kier molecular flexibility index (Phi) is 11.6. The van der Waals surface area contributed by atoms with Crippen LogP contribution in [0.4, 0.5) is 4.53 Å². The lowest BCUT2D eigenvalue weighted by atomic mass is 9.81. The molecule has 0 aromatic rings. The Bertz CT molecular complexity index is 651. The van der Waals surface area contributed by atoms with E-state index in [9.17, 15) is 14.4 Å². The molecule has 0 aromatic carbocycles. The molecule has 6 atom stereocenters. The van der Waals surface area contributed by atoms with E-state index in [4.69, 9.17) is 0 Å². The van der Waals surface area contributed by atoms with Gasteiger partial charge in [0.25, 0.3) is 0 Å². The van der Waals surface area contributed by atoms with E-state index in [0.29, 0.717) is 24.9 Å². The second-order valence-electron chi connectivity index (χ2n) is 11.1. The van der Waals surface area contributed by atoms with Crippen molar-refractivity contribution in [2.45, 2.75) is 101 Å². The zero-order valence-electron chi connectivity index (χ0n) is 21.7. The molecular formula is C25H48FN7O3. The molecule has 4 rings (SSSR count). The van der Waals surface area contributed by atoms with Crippen molar-refractivity contribution in [2.24, 2.45) is 11.8 Å². The number of aliphatic hydroxyl groups excluding tert-OH is 1. The minimum Gasteiger partial charge on any atom is -0.395 e. The van der Waals surface area contributed by atoms with Gasteiger partial charge < -0.3 is 21.1 Å². The monoisotopic (exact) mass is 513 g/mol. The van der Waals surface area contributed by atoms with Crippen LogP contribution in [0.15, 0.2) is 0 Å². The fourth-order valence-corrected chi connectivity index (χ4v) is 6.70. The first-order valence-electron chi connectivity index (χ1n) is 14.3. The summed E-state index contributed by atoms with van der Waals surface area (Å²) in [5.41, 5.74) is 6.84. The highest BCUT2D eigenvalue weighted by Crippen LogP contribution is 2.30. The molecule has 2 aliphatic heterocycles. The molecule has 6 unspecified atom stereocenters. The van der Waals surface area contributed by atoms with E-state index >= 15 is 0 Å². The Morgan fingerprint density at radius 2 is 1.97 bits per heavy atom. The zero-order valence-corrected chi connectivity index (χ0v) is 21.7. The molecule has 0 bridgehead atoms. The van der Waals surface area contributed by atoms with Crippen molar-refractivity contribution in [2.75, 3.05) is 39.5 Å². The van der Waals surface area contributed by atoms with Gasteiger partial charge in [-0.25, -0.2) is 10.9 Å². The number of β-amino-alcohol motifs (C(OH)–C–C–N with tert-alkyl or cyclic N) is 1. The third-order valence-electron chi connectivity index (χ3n) is 8.71. The van der Waals surface area contributed by atoms with Crippen molar-refractivity contribution in [3.63, 3.8) is 0 Å². The summed E-state index contributed by atoms with van der Waals surface area (Å²) in [7, 11) is 0. The maximum Gasteiger partial charge on any atom is 0.223 e. The number of nitrogens with one attached hydrogen (secondary N) is 6. The molecular weight excluding hydrogens is 465 g/mol. The van der Waals surface area contributed by atoms with E-state index < -0.39 is 0 Å². The van der Waals surface area contributed by atoms with Crippen LogP contribution in [0.3, 0.4) is 0 Å². The Morgan fingerprint density at radius 3 is 2.72 bits per heavy atom. The van der Waals surface area contributed by atoms with E-state index in [2.05, 4.69) is 42.0 Å². The van der Waals surface area contributed by atoms with Crippen molar-refractivity contribution in [1.82, 2.24) is 37.0 Å². The molecule has 0 spiro atoms. The molecule has 7 N–H and O–H groups in total. The molecule has 36 heavy (non-hydrogen) atoms. The average Bonchev–Trinajstić information content (AvgIpc) is 3.33. The predicted molar refractivity (Wildman–Crippen MR) is 136 cm³/mol. The van der Waals surface area contributed by atoms with E-state index in [1.807, 2.05) is 0 Å². The van der Waals surface area contributed by atoms with Crippen LogP contribution in [0.1, 0.15) is 70.6 Å². The van der Waals surface area contributed by atoms with Crippen LogP contribution in [0.25, 0.3) is 0 Å². The lowest BCUT2D eigenvalue weighted by Gasteiger charge is -2.36. The SMILES string of the molecule is O=C(NC(CCOF)C1CCCCC1)C1CCCC(NCC2NNC(C3CCNCN3)N2CCO)C1. The number of carbonyl (C=O) groups is 1. The quantitative estimate of drug-likeness (QED) is 0.199. The highest BCUT2D eigenvalue weighted by molar-refractivity contribution is 5.79. The van der Waals surface area contributed by atoms with Crippen LogP contribution in [0, 0.1) is 11.8 Å². The van der Waals surface area contributed by atoms with Gasteiger partial charge in [-0.1, -0.05) is 25.7 Å². The second-order valence-corrected chi connectivity index (χ2v) is 11.1. The number of rotatable bonds is 12. The Labute approximate surface area is 215 Å². The highest BCUT2D eigenvalue weighted by Gasteiger charge is 2.38. The molecule has 0 radical (unpaired) electrons. The van der Waals surface area contributed by atoms with Crippen molar-refractivity contribution < 1.29 is 19.4 Å². The van der Waals surface area contributed by atoms with Crippen LogP contribution in [0.5, 0.6) is 0 Å². The Hall–Kier alpha value is -0.920. The van der Waals surface area contributed by atoms with Gasteiger partial charge in [0.2, 0.25) is 5.91 Å². The molecule has 2 aliphatic carbocycles. The summed E-state index contributed by atoms with van der Waals surface area (Å²) in [6.45, 7) is 3.28. The molecule has 0 aromatic heterocycles. The fourth-order valence-electron chi connectivity index (χ4n) is 6.70. The smallest absolute Gasteiger partial charge is 0.223 e. The van der Waals surface area contributed by atoms with Gasteiger partial charge in [-0.05, 0) is 61.9 Å². The molecule has 11 heteroatoms. The number of halogens is 1. The molecule has 2 heterocycles. The number of amides is 1. The zero-order chi connectivity index (χ0) is 25.2. The van der Waals surface area contributed by atoms with Gasteiger partial charge in [-0.2, -0.15) is 4.94 Å². The Balaban J connectivity index is 1.26. The van der Waals surface area contributed by atoms with Crippen LogP contribution in [-0.4, -0.2) is 85.9 Å². The summed E-state index contributed by atoms with van der Waals surface area (Å²) >= 11 is 0. The maximum absolute atomic E-state index is 13.2. The van der Waals surface area contributed by atoms with Crippen molar-refractivity contribution >= 4 is 5.91 Å². The van der Waals surface area contributed by atoms with Gasteiger partial charge in [0, 0.05) is 43.8 Å². The summed E-state index contributed by atoms with van der Waals surface area (Å²) in [5, 5.41) is 23.5. The van der Waals surface area contributed by atoms with E-state index in [0.717, 1.165) is 64.7 Å². The molecule has 2 saturated carbocycles. The Morgan fingerprint density at radius 1 is 1.11 bits per heavy atom. The third-order valence-corrected chi connectivity index (χ3v) is 8.71. The molecule has 4 aliphatic rings. The second kappa shape index (κ2) is 14.9. The van der Waals surface area contributed by atoms with Gasteiger partial charge in [-0.3, -0.25) is 15.0 Å². The van der Waals surface area contributed by atoms with Crippen LogP contribution in [-0.2, 0) is 9.74 Å². The summed E-state index contributed by atoms with van der Waals surface area (Å²) in [6.07, 6.45) is 11.4. The highest BCUT2D eigenvalue weighted by atomic mass is 19.3. The lowest BCUT2D eigenvalue weighted by molar-refractivity contribution is -0.138.